The predicted octanol–water partition coefficient (Wildman–Crippen LogP) is 3.31. The van der Waals surface area contributed by atoms with E-state index in [1.807, 2.05) is 12.1 Å². The fourth-order valence-electron chi connectivity index (χ4n) is 3.47. The van der Waals surface area contributed by atoms with Crippen LogP contribution in [0.15, 0.2) is 24.3 Å². The molecule has 0 aromatic heterocycles. The van der Waals surface area contributed by atoms with Crippen LogP contribution >= 0.6 is 0 Å². The first-order chi connectivity index (χ1) is 10.3. The highest BCUT2D eigenvalue weighted by Crippen LogP contribution is 2.30. The highest BCUT2D eigenvalue weighted by atomic mass is 16.3. The standard InChI is InChI=1S/C18H28N2O/c1-2-18(15-5-7-17(21)8-6-15)20-11-9-16(10-12-20)19-13-14-3-4-14/h5-8,14,16,18-19,21H,2-4,9-13H2,1H3. The average Bonchev–Trinajstić information content (AvgIpc) is 3.33. The van der Waals surface area contributed by atoms with Crippen LogP contribution in [-0.2, 0) is 0 Å². The number of hydrogen-bond acceptors (Lipinski definition) is 3. The van der Waals surface area contributed by atoms with E-state index in [0.29, 0.717) is 11.8 Å². The van der Waals surface area contributed by atoms with Crippen LogP contribution in [0.4, 0.5) is 0 Å². The summed E-state index contributed by atoms with van der Waals surface area (Å²) < 4.78 is 0. The third-order valence-corrected chi connectivity index (χ3v) is 5.03. The van der Waals surface area contributed by atoms with Gasteiger partial charge in [-0.2, -0.15) is 0 Å². The van der Waals surface area contributed by atoms with Gasteiger partial charge < -0.3 is 10.4 Å². The van der Waals surface area contributed by atoms with Gasteiger partial charge in [0, 0.05) is 25.2 Å². The molecule has 1 aliphatic carbocycles. The molecule has 0 radical (unpaired) electrons. The van der Waals surface area contributed by atoms with E-state index in [9.17, 15) is 5.11 Å². The minimum Gasteiger partial charge on any atom is -0.508 e. The number of likely N-dealkylation sites (tertiary alicyclic amines) is 1. The molecule has 0 amide bonds. The molecule has 0 bridgehead atoms. The number of rotatable bonds is 6. The fraction of sp³-hybridized carbons (Fsp3) is 0.667. The minimum atomic E-state index is 0.358. The summed E-state index contributed by atoms with van der Waals surface area (Å²) in [5.74, 6) is 1.33. The topological polar surface area (TPSA) is 35.5 Å². The molecule has 116 valence electrons. The molecule has 1 aliphatic heterocycles. The molecule has 1 unspecified atom stereocenters. The highest BCUT2D eigenvalue weighted by Gasteiger charge is 2.27. The number of phenols is 1. The molecule has 0 spiro atoms. The summed E-state index contributed by atoms with van der Waals surface area (Å²) >= 11 is 0. The van der Waals surface area contributed by atoms with Crippen LogP contribution in [0.25, 0.3) is 0 Å². The molecule has 2 N–H and O–H groups in total. The van der Waals surface area contributed by atoms with Gasteiger partial charge in [0.1, 0.15) is 5.75 Å². The first kappa shape index (κ1) is 14.9. The van der Waals surface area contributed by atoms with E-state index in [1.165, 1.54) is 50.9 Å². The lowest BCUT2D eigenvalue weighted by Crippen LogP contribution is -2.44. The molecule has 2 fully saturated rings. The Bertz CT molecular complexity index is 433. The van der Waals surface area contributed by atoms with E-state index >= 15 is 0 Å². The summed E-state index contributed by atoms with van der Waals surface area (Å²) in [6, 6.07) is 8.97. The number of nitrogens with zero attached hydrogens (tertiary/aromatic N) is 1. The van der Waals surface area contributed by atoms with Gasteiger partial charge in [0.2, 0.25) is 0 Å². The van der Waals surface area contributed by atoms with Crippen LogP contribution in [-0.4, -0.2) is 35.7 Å². The first-order valence-corrected chi connectivity index (χ1v) is 8.52. The summed E-state index contributed by atoms with van der Waals surface area (Å²) in [7, 11) is 0. The van der Waals surface area contributed by atoms with Gasteiger partial charge in [-0.05, 0) is 62.3 Å². The van der Waals surface area contributed by atoms with Crippen molar-refractivity contribution in [1.29, 1.82) is 0 Å². The number of aromatic hydroxyl groups is 1. The Morgan fingerprint density at radius 3 is 2.38 bits per heavy atom. The van der Waals surface area contributed by atoms with Crippen LogP contribution in [0, 0.1) is 5.92 Å². The third kappa shape index (κ3) is 3.98. The van der Waals surface area contributed by atoms with Gasteiger partial charge in [-0.15, -0.1) is 0 Å². The predicted molar refractivity (Wildman–Crippen MR) is 86.5 cm³/mol. The Morgan fingerprint density at radius 1 is 1.14 bits per heavy atom. The van der Waals surface area contributed by atoms with Gasteiger partial charge in [0.15, 0.2) is 0 Å². The van der Waals surface area contributed by atoms with Crippen molar-refractivity contribution in [2.75, 3.05) is 19.6 Å². The lowest BCUT2D eigenvalue weighted by Gasteiger charge is -2.38. The fourth-order valence-corrected chi connectivity index (χ4v) is 3.47. The van der Waals surface area contributed by atoms with E-state index in [4.69, 9.17) is 0 Å². The number of hydrogen-bond donors (Lipinski definition) is 2. The molecule has 3 nitrogen and oxygen atoms in total. The Kier molecular flexibility index (Phi) is 4.81. The molecule has 2 aliphatic rings. The molecular formula is C18H28N2O. The summed E-state index contributed by atoms with van der Waals surface area (Å²) in [6.07, 6.45) is 6.53. The number of phenolic OH excluding ortho intramolecular Hbond substituents is 1. The second-order valence-electron chi connectivity index (χ2n) is 6.68. The van der Waals surface area contributed by atoms with Gasteiger partial charge in [-0.3, -0.25) is 4.90 Å². The van der Waals surface area contributed by atoms with E-state index < -0.39 is 0 Å². The maximum Gasteiger partial charge on any atom is 0.115 e. The maximum atomic E-state index is 9.44. The van der Waals surface area contributed by atoms with E-state index in [2.05, 4.69) is 29.3 Å². The Labute approximate surface area is 128 Å². The largest absolute Gasteiger partial charge is 0.508 e. The quantitative estimate of drug-likeness (QED) is 0.843. The summed E-state index contributed by atoms with van der Waals surface area (Å²) in [5.41, 5.74) is 1.33. The van der Waals surface area contributed by atoms with Gasteiger partial charge >= 0.3 is 0 Å². The van der Waals surface area contributed by atoms with Crippen LogP contribution in [0.3, 0.4) is 0 Å². The molecule has 1 saturated heterocycles. The van der Waals surface area contributed by atoms with E-state index in [-0.39, 0.29) is 0 Å². The van der Waals surface area contributed by atoms with Crippen LogP contribution in [0.1, 0.15) is 50.6 Å². The van der Waals surface area contributed by atoms with E-state index in [1.54, 1.807) is 0 Å². The monoisotopic (exact) mass is 288 g/mol. The average molecular weight is 288 g/mol. The van der Waals surface area contributed by atoms with E-state index in [0.717, 1.165) is 18.4 Å². The van der Waals surface area contributed by atoms with Crippen molar-refractivity contribution in [3.8, 4) is 5.75 Å². The lowest BCUT2D eigenvalue weighted by molar-refractivity contribution is 0.139. The van der Waals surface area contributed by atoms with Crippen molar-refractivity contribution < 1.29 is 5.11 Å². The SMILES string of the molecule is CCC(c1ccc(O)cc1)N1CCC(NCC2CC2)CC1. The van der Waals surface area contributed by atoms with Gasteiger partial charge in [0.05, 0.1) is 0 Å². The zero-order valence-electron chi connectivity index (χ0n) is 13.1. The molecule has 3 heteroatoms. The summed E-state index contributed by atoms with van der Waals surface area (Å²) in [4.78, 5) is 2.61. The zero-order valence-corrected chi connectivity index (χ0v) is 13.1. The Morgan fingerprint density at radius 2 is 1.81 bits per heavy atom. The van der Waals surface area contributed by atoms with Crippen molar-refractivity contribution in [1.82, 2.24) is 10.2 Å². The van der Waals surface area contributed by atoms with Crippen molar-refractivity contribution in [3.63, 3.8) is 0 Å². The molecule has 1 aromatic rings. The molecule has 21 heavy (non-hydrogen) atoms. The summed E-state index contributed by atoms with van der Waals surface area (Å²) in [6.45, 7) is 5.86. The molecule has 1 atom stereocenters. The molecule has 3 rings (SSSR count). The Hall–Kier alpha value is -1.06. The molecule has 1 heterocycles. The zero-order chi connectivity index (χ0) is 14.7. The summed E-state index contributed by atoms with van der Waals surface area (Å²) in [5, 5.41) is 13.2. The van der Waals surface area contributed by atoms with Crippen LogP contribution in [0.5, 0.6) is 5.75 Å². The van der Waals surface area contributed by atoms with Crippen LogP contribution < -0.4 is 5.32 Å². The number of piperidine rings is 1. The smallest absolute Gasteiger partial charge is 0.115 e. The number of benzene rings is 1. The second-order valence-corrected chi connectivity index (χ2v) is 6.68. The van der Waals surface area contributed by atoms with Crippen molar-refractivity contribution in [3.05, 3.63) is 29.8 Å². The molecular weight excluding hydrogens is 260 g/mol. The highest BCUT2D eigenvalue weighted by molar-refractivity contribution is 5.28. The van der Waals surface area contributed by atoms with Gasteiger partial charge in [0.25, 0.3) is 0 Å². The number of nitrogens with one attached hydrogen (secondary N) is 1. The lowest BCUT2D eigenvalue weighted by atomic mass is 9.97. The molecule has 1 saturated carbocycles. The van der Waals surface area contributed by atoms with Crippen LogP contribution in [0.2, 0.25) is 0 Å². The Balaban J connectivity index is 1.52. The van der Waals surface area contributed by atoms with Crippen molar-refractivity contribution in [2.24, 2.45) is 5.92 Å². The third-order valence-electron chi connectivity index (χ3n) is 5.03. The normalized spacial score (nSPS) is 22.3. The van der Waals surface area contributed by atoms with Crippen molar-refractivity contribution in [2.45, 2.75) is 51.1 Å². The molecule has 1 aromatic carbocycles. The van der Waals surface area contributed by atoms with Gasteiger partial charge in [-0.25, -0.2) is 0 Å². The maximum absolute atomic E-state index is 9.44. The van der Waals surface area contributed by atoms with Crippen molar-refractivity contribution >= 4 is 0 Å². The first-order valence-electron chi connectivity index (χ1n) is 8.52. The minimum absolute atomic E-state index is 0.358. The van der Waals surface area contributed by atoms with Gasteiger partial charge in [-0.1, -0.05) is 19.1 Å². The second kappa shape index (κ2) is 6.80.